The molecular formula is C18H20N2. The van der Waals surface area contributed by atoms with E-state index in [1.54, 1.807) is 0 Å². The van der Waals surface area contributed by atoms with Crippen molar-refractivity contribution in [3.05, 3.63) is 65.2 Å². The van der Waals surface area contributed by atoms with E-state index in [1.807, 2.05) is 0 Å². The zero-order valence-electron chi connectivity index (χ0n) is 11.6. The standard InChI is InChI=1S/C18H20N2/c19-16-9-5-11-20-17-10-4-2-7-14(17)12-13-6-1-3-8-15(13)18(16)20/h1-4,6-8,10,16,18H,5,9,11-12,19H2/t16-,18-/m0/s1. The molecule has 2 aliphatic rings. The van der Waals surface area contributed by atoms with E-state index in [0.29, 0.717) is 6.04 Å². The van der Waals surface area contributed by atoms with Gasteiger partial charge >= 0.3 is 0 Å². The minimum Gasteiger partial charge on any atom is -0.363 e. The third-order valence-corrected chi connectivity index (χ3v) is 4.73. The summed E-state index contributed by atoms with van der Waals surface area (Å²) in [5, 5.41) is 0. The van der Waals surface area contributed by atoms with E-state index < -0.39 is 0 Å². The van der Waals surface area contributed by atoms with Crippen LogP contribution in [0.5, 0.6) is 0 Å². The van der Waals surface area contributed by atoms with Gasteiger partial charge in [0.2, 0.25) is 0 Å². The predicted molar refractivity (Wildman–Crippen MR) is 83.0 cm³/mol. The number of nitrogens with zero attached hydrogens (tertiary/aromatic N) is 1. The summed E-state index contributed by atoms with van der Waals surface area (Å²) >= 11 is 0. The molecule has 0 radical (unpaired) electrons. The smallest absolute Gasteiger partial charge is 0.0696 e. The summed E-state index contributed by atoms with van der Waals surface area (Å²) in [6.07, 6.45) is 3.33. The molecule has 2 atom stereocenters. The molecule has 2 nitrogen and oxygen atoms in total. The first kappa shape index (κ1) is 12.0. The molecule has 0 amide bonds. The van der Waals surface area contributed by atoms with Gasteiger partial charge in [0.05, 0.1) is 6.04 Å². The lowest BCUT2D eigenvalue weighted by atomic mass is 9.88. The third-order valence-electron chi connectivity index (χ3n) is 4.73. The lowest BCUT2D eigenvalue weighted by molar-refractivity contribution is 0.410. The topological polar surface area (TPSA) is 29.3 Å². The molecule has 1 fully saturated rings. The van der Waals surface area contributed by atoms with Crippen LogP contribution in [0.25, 0.3) is 0 Å². The number of benzene rings is 2. The predicted octanol–water partition coefficient (Wildman–Crippen LogP) is 3.26. The summed E-state index contributed by atoms with van der Waals surface area (Å²) in [4.78, 5) is 2.54. The molecule has 0 spiro atoms. The van der Waals surface area contributed by atoms with E-state index in [1.165, 1.54) is 28.8 Å². The number of anilines is 1. The maximum Gasteiger partial charge on any atom is 0.0696 e. The van der Waals surface area contributed by atoms with Gasteiger partial charge in [-0.1, -0.05) is 42.5 Å². The van der Waals surface area contributed by atoms with E-state index in [0.717, 1.165) is 19.4 Å². The van der Waals surface area contributed by atoms with Gasteiger partial charge in [-0.05, 0) is 42.0 Å². The van der Waals surface area contributed by atoms with Crippen molar-refractivity contribution in [3.8, 4) is 0 Å². The van der Waals surface area contributed by atoms with Crippen LogP contribution >= 0.6 is 0 Å². The lowest BCUT2D eigenvalue weighted by Crippen LogP contribution is -2.46. The second-order valence-electron chi connectivity index (χ2n) is 5.95. The molecule has 2 heteroatoms. The SMILES string of the molecule is N[C@H]1CCCN2c3ccccc3Cc3ccccc3[C@@H]12. The van der Waals surface area contributed by atoms with Crippen molar-refractivity contribution in [2.75, 3.05) is 11.4 Å². The molecule has 0 aliphatic carbocycles. The number of para-hydroxylation sites is 1. The van der Waals surface area contributed by atoms with Crippen LogP contribution in [0.1, 0.15) is 35.6 Å². The summed E-state index contributed by atoms with van der Waals surface area (Å²) < 4.78 is 0. The molecule has 2 N–H and O–H groups in total. The summed E-state index contributed by atoms with van der Waals surface area (Å²) in [7, 11) is 0. The molecule has 2 aromatic carbocycles. The summed E-state index contributed by atoms with van der Waals surface area (Å²) in [6, 6.07) is 18.2. The number of fused-ring (bicyclic) bond motifs is 5. The molecule has 2 aromatic rings. The fraction of sp³-hybridized carbons (Fsp3) is 0.333. The Labute approximate surface area is 120 Å². The van der Waals surface area contributed by atoms with Crippen molar-refractivity contribution < 1.29 is 0 Å². The van der Waals surface area contributed by atoms with Gasteiger partial charge in [0.1, 0.15) is 0 Å². The minimum atomic E-state index is 0.232. The highest BCUT2D eigenvalue weighted by atomic mass is 15.2. The second kappa shape index (κ2) is 4.64. The number of rotatable bonds is 0. The Bertz CT molecular complexity index is 635. The van der Waals surface area contributed by atoms with Gasteiger partial charge in [0, 0.05) is 18.3 Å². The molecule has 2 heterocycles. The number of hydrogen-bond acceptors (Lipinski definition) is 2. The Morgan fingerprint density at radius 1 is 0.950 bits per heavy atom. The van der Waals surface area contributed by atoms with Crippen LogP contribution in [0, 0.1) is 0 Å². The maximum atomic E-state index is 6.49. The van der Waals surface area contributed by atoms with Gasteiger partial charge in [-0.3, -0.25) is 0 Å². The average molecular weight is 264 g/mol. The Balaban J connectivity index is 1.94. The van der Waals surface area contributed by atoms with Crippen molar-refractivity contribution in [1.82, 2.24) is 0 Å². The minimum absolute atomic E-state index is 0.232. The van der Waals surface area contributed by atoms with E-state index in [2.05, 4.69) is 53.4 Å². The van der Waals surface area contributed by atoms with Crippen LogP contribution in [0.4, 0.5) is 5.69 Å². The van der Waals surface area contributed by atoms with E-state index >= 15 is 0 Å². The van der Waals surface area contributed by atoms with Gasteiger partial charge in [0.15, 0.2) is 0 Å². The van der Waals surface area contributed by atoms with Gasteiger partial charge in [-0.15, -0.1) is 0 Å². The van der Waals surface area contributed by atoms with Gasteiger partial charge in [-0.2, -0.15) is 0 Å². The number of hydrogen-bond donors (Lipinski definition) is 1. The summed E-state index contributed by atoms with van der Waals surface area (Å²) in [6.45, 7) is 1.11. The Morgan fingerprint density at radius 2 is 1.70 bits per heavy atom. The monoisotopic (exact) mass is 264 g/mol. The normalized spacial score (nSPS) is 24.4. The molecule has 0 saturated carbocycles. The first-order chi connectivity index (χ1) is 9.84. The Morgan fingerprint density at radius 3 is 2.60 bits per heavy atom. The molecule has 0 bridgehead atoms. The molecular weight excluding hydrogens is 244 g/mol. The molecule has 0 unspecified atom stereocenters. The maximum absolute atomic E-state index is 6.49. The molecule has 102 valence electrons. The summed E-state index contributed by atoms with van der Waals surface area (Å²) in [5.41, 5.74) is 12.2. The van der Waals surface area contributed by atoms with Crippen LogP contribution in [-0.4, -0.2) is 12.6 Å². The first-order valence-corrected chi connectivity index (χ1v) is 7.52. The van der Waals surface area contributed by atoms with Crippen LogP contribution in [0.15, 0.2) is 48.5 Å². The highest BCUT2D eigenvalue weighted by Crippen LogP contribution is 2.41. The number of piperidine rings is 1. The van der Waals surface area contributed by atoms with Crippen LogP contribution in [0.3, 0.4) is 0 Å². The van der Waals surface area contributed by atoms with Crippen LogP contribution in [-0.2, 0) is 6.42 Å². The fourth-order valence-corrected chi connectivity index (χ4v) is 3.82. The number of nitrogens with two attached hydrogens (primary N) is 1. The fourth-order valence-electron chi connectivity index (χ4n) is 3.82. The van der Waals surface area contributed by atoms with Gasteiger partial charge < -0.3 is 10.6 Å². The largest absolute Gasteiger partial charge is 0.363 e. The lowest BCUT2D eigenvalue weighted by Gasteiger charge is -2.41. The Hall–Kier alpha value is -1.80. The van der Waals surface area contributed by atoms with Crippen molar-refractivity contribution >= 4 is 5.69 Å². The van der Waals surface area contributed by atoms with Crippen LogP contribution in [0.2, 0.25) is 0 Å². The Kier molecular flexibility index (Phi) is 2.78. The zero-order valence-corrected chi connectivity index (χ0v) is 11.6. The van der Waals surface area contributed by atoms with E-state index in [9.17, 15) is 0 Å². The van der Waals surface area contributed by atoms with Crippen molar-refractivity contribution in [3.63, 3.8) is 0 Å². The average Bonchev–Trinajstić information content (AvgIpc) is 2.62. The van der Waals surface area contributed by atoms with Gasteiger partial charge in [0.25, 0.3) is 0 Å². The first-order valence-electron chi connectivity index (χ1n) is 7.52. The van der Waals surface area contributed by atoms with Crippen molar-refractivity contribution in [1.29, 1.82) is 0 Å². The van der Waals surface area contributed by atoms with Crippen LogP contribution < -0.4 is 10.6 Å². The highest BCUT2D eigenvalue weighted by molar-refractivity contribution is 5.61. The van der Waals surface area contributed by atoms with E-state index in [4.69, 9.17) is 5.73 Å². The molecule has 1 saturated heterocycles. The molecule has 4 rings (SSSR count). The summed E-state index contributed by atoms with van der Waals surface area (Å²) in [5.74, 6) is 0. The molecule has 20 heavy (non-hydrogen) atoms. The van der Waals surface area contributed by atoms with E-state index in [-0.39, 0.29) is 6.04 Å². The van der Waals surface area contributed by atoms with Crippen molar-refractivity contribution in [2.45, 2.75) is 31.3 Å². The highest BCUT2D eigenvalue weighted by Gasteiger charge is 2.34. The third kappa shape index (κ3) is 1.75. The van der Waals surface area contributed by atoms with Crippen molar-refractivity contribution in [2.24, 2.45) is 5.73 Å². The zero-order chi connectivity index (χ0) is 13.5. The molecule has 2 aliphatic heterocycles. The quantitative estimate of drug-likeness (QED) is 0.791. The molecule has 0 aromatic heterocycles. The second-order valence-corrected chi connectivity index (χ2v) is 5.95. The van der Waals surface area contributed by atoms with Gasteiger partial charge in [-0.25, -0.2) is 0 Å².